The van der Waals surface area contributed by atoms with Crippen molar-refractivity contribution in [2.75, 3.05) is 32.6 Å². The van der Waals surface area contributed by atoms with Crippen molar-refractivity contribution in [2.45, 2.75) is 68.0 Å². The molecule has 0 radical (unpaired) electrons. The van der Waals surface area contributed by atoms with Gasteiger partial charge in [0.15, 0.2) is 0 Å². The van der Waals surface area contributed by atoms with Gasteiger partial charge in [0.25, 0.3) is 0 Å². The molecule has 206 valence electrons. The molecular formula is C28H41NO7S. The van der Waals surface area contributed by atoms with E-state index in [0.29, 0.717) is 6.54 Å². The van der Waals surface area contributed by atoms with E-state index in [1.807, 2.05) is 25.1 Å². The van der Waals surface area contributed by atoms with Crippen LogP contribution in [-0.4, -0.2) is 92.5 Å². The second kappa shape index (κ2) is 14.0. The van der Waals surface area contributed by atoms with E-state index in [-0.39, 0.29) is 19.8 Å². The predicted octanol–water partition coefficient (Wildman–Crippen LogP) is 1.06. The topological polar surface area (TPSA) is 143 Å². The molecule has 1 fully saturated rings. The SMILES string of the molecule is CS[C@H]1O[C@@H](c2ccc(C)c(Cc3ccc(CCCCNC(CO)(CO)CO)cc3)c2)[C@H](O)[C@@H](O)[C@@H]1O. The van der Waals surface area contributed by atoms with Gasteiger partial charge in [-0.1, -0.05) is 42.5 Å². The van der Waals surface area contributed by atoms with E-state index < -0.39 is 35.4 Å². The van der Waals surface area contributed by atoms with E-state index in [9.17, 15) is 30.6 Å². The molecule has 3 rings (SSSR count). The van der Waals surface area contributed by atoms with Gasteiger partial charge < -0.3 is 40.7 Å². The summed E-state index contributed by atoms with van der Waals surface area (Å²) >= 11 is 1.30. The zero-order chi connectivity index (χ0) is 27.0. The van der Waals surface area contributed by atoms with Crippen LogP contribution < -0.4 is 5.32 Å². The van der Waals surface area contributed by atoms with Crippen LogP contribution in [0, 0.1) is 6.92 Å². The van der Waals surface area contributed by atoms with Gasteiger partial charge in [-0.05, 0) is 73.2 Å². The highest BCUT2D eigenvalue weighted by Crippen LogP contribution is 2.36. The quantitative estimate of drug-likeness (QED) is 0.187. The molecule has 1 saturated heterocycles. The second-order valence-electron chi connectivity index (χ2n) is 9.95. The average Bonchev–Trinajstić information content (AvgIpc) is 2.92. The number of nitrogens with one attached hydrogen (secondary N) is 1. The minimum Gasteiger partial charge on any atom is -0.394 e. The molecule has 9 heteroatoms. The van der Waals surface area contributed by atoms with Gasteiger partial charge in [0.05, 0.1) is 25.4 Å². The number of aliphatic hydroxyl groups is 6. The van der Waals surface area contributed by atoms with E-state index in [4.69, 9.17) is 4.74 Å². The van der Waals surface area contributed by atoms with Crippen molar-refractivity contribution in [3.8, 4) is 0 Å². The first-order chi connectivity index (χ1) is 17.8. The highest BCUT2D eigenvalue weighted by atomic mass is 32.2. The number of rotatable bonds is 13. The van der Waals surface area contributed by atoms with Gasteiger partial charge >= 0.3 is 0 Å². The fourth-order valence-electron chi connectivity index (χ4n) is 4.55. The highest BCUT2D eigenvalue weighted by Gasteiger charge is 2.44. The van der Waals surface area contributed by atoms with Crippen LogP contribution in [0.4, 0.5) is 0 Å². The van der Waals surface area contributed by atoms with Gasteiger partial charge in [0.1, 0.15) is 29.9 Å². The lowest BCUT2D eigenvalue weighted by atomic mass is 9.91. The molecule has 0 aliphatic carbocycles. The third-order valence-corrected chi connectivity index (χ3v) is 8.08. The Morgan fingerprint density at radius 3 is 2.14 bits per heavy atom. The average molecular weight is 536 g/mol. The molecule has 7 N–H and O–H groups in total. The third kappa shape index (κ3) is 7.53. The molecule has 0 spiro atoms. The summed E-state index contributed by atoms with van der Waals surface area (Å²) in [6, 6.07) is 14.4. The number of thioether (sulfide) groups is 1. The summed E-state index contributed by atoms with van der Waals surface area (Å²) in [5.41, 5.74) is 3.74. The Bertz CT molecular complexity index is 959. The number of aliphatic hydroxyl groups excluding tert-OH is 6. The van der Waals surface area contributed by atoms with Crippen LogP contribution in [0.3, 0.4) is 0 Å². The highest BCUT2D eigenvalue weighted by molar-refractivity contribution is 7.99. The van der Waals surface area contributed by atoms with Crippen molar-refractivity contribution >= 4 is 11.8 Å². The molecule has 0 saturated carbocycles. The molecular weight excluding hydrogens is 494 g/mol. The Labute approximate surface area is 223 Å². The summed E-state index contributed by atoms with van der Waals surface area (Å²) in [4.78, 5) is 0. The van der Waals surface area contributed by atoms with Crippen molar-refractivity contribution in [1.82, 2.24) is 5.32 Å². The molecule has 2 aromatic carbocycles. The fourth-order valence-corrected chi connectivity index (χ4v) is 5.22. The molecule has 2 aromatic rings. The Morgan fingerprint density at radius 1 is 0.865 bits per heavy atom. The van der Waals surface area contributed by atoms with Crippen molar-refractivity contribution in [3.63, 3.8) is 0 Å². The van der Waals surface area contributed by atoms with Crippen LogP contribution in [0.1, 0.15) is 46.8 Å². The lowest BCUT2D eigenvalue weighted by molar-refractivity contribution is -0.200. The minimum atomic E-state index is -1.27. The van der Waals surface area contributed by atoms with E-state index in [2.05, 4.69) is 29.6 Å². The summed E-state index contributed by atoms with van der Waals surface area (Å²) in [5.74, 6) is 0. The minimum absolute atomic E-state index is 0.318. The molecule has 37 heavy (non-hydrogen) atoms. The zero-order valence-electron chi connectivity index (χ0n) is 21.6. The van der Waals surface area contributed by atoms with Crippen molar-refractivity contribution in [3.05, 3.63) is 70.3 Å². The van der Waals surface area contributed by atoms with Crippen LogP contribution in [0.2, 0.25) is 0 Å². The van der Waals surface area contributed by atoms with Crippen LogP contribution >= 0.6 is 11.8 Å². The molecule has 1 aliphatic rings. The van der Waals surface area contributed by atoms with E-state index in [1.165, 1.54) is 17.3 Å². The van der Waals surface area contributed by atoms with E-state index in [0.717, 1.165) is 47.9 Å². The maximum Gasteiger partial charge on any atom is 0.132 e. The summed E-state index contributed by atoms with van der Waals surface area (Å²) < 4.78 is 5.93. The molecule has 5 atom stereocenters. The monoisotopic (exact) mass is 535 g/mol. The van der Waals surface area contributed by atoms with Gasteiger partial charge in [-0.2, -0.15) is 0 Å². The van der Waals surface area contributed by atoms with Crippen LogP contribution in [-0.2, 0) is 17.6 Å². The van der Waals surface area contributed by atoms with Crippen LogP contribution in [0.25, 0.3) is 0 Å². The first-order valence-electron chi connectivity index (χ1n) is 12.7. The predicted molar refractivity (Wildman–Crippen MR) is 145 cm³/mol. The van der Waals surface area contributed by atoms with Gasteiger partial charge in [0, 0.05) is 0 Å². The third-order valence-electron chi connectivity index (χ3n) is 7.22. The number of aryl methyl sites for hydroxylation is 2. The van der Waals surface area contributed by atoms with Crippen molar-refractivity contribution in [1.29, 1.82) is 0 Å². The van der Waals surface area contributed by atoms with Crippen molar-refractivity contribution < 1.29 is 35.4 Å². The van der Waals surface area contributed by atoms with Crippen molar-refractivity contribution in [2.24, 2.45) is 0 Å². The Morgan fingerprint density at radius 2 is 1.51 bits per heavy atom. The summed E-state index contributed by atoms with van der Waals surface area (Å²) in [7, 11) is 0. The number of hydrogen-bond donors (Lipinski definition) is 7. The Hall–Kier alpha value is -1.53. The van der Waals surface area contributed by atoms with E-state index in [1.54, 1.807) is 6.26 Å². The van der Waals surface area contributed by atoms with Gasteiger partial charge in [-0.3, -0.25) is 0 Å². The second-order valence-corrected chi connectivity index (χ2v) is 10.9. The molecule has 0 bridgehead atoms. The molecule has 0 amide bonds. The maximum atomic E-state index is 10.6. The summed E-state index contributed by atoms with van der Waals surface area (Å²) in [6.45, 7) is 1.69. The largest absolute Gasteiger partial charge is 0.394 e. The fraction of sp³-hybridized carbons (Fsp3) is 0.571. The molecule has 0 aromatic heterocycles. The zero-order valence-corrected chi connectivity index (χ0v) is 22.4. The molecule has 1 heterocycles. The summed E-state index contributed by atoms with van der Waals surface area (Å²) in [6.07, 6.45) is 0.869. The Balaban J connectivity index is 1.57. The van der Waals surface area contributed by atoms with Gasteiger partial charge in [-0.25, -0.2) is 0 Å². The number of ether oxygens (including phenoxy) is 1. The molecule has 8 nitrogen and oxygen atoms in total. The smallest absolute Gasteiger partial charge is 0.132 e. The maximum absolute atomic E-state index is 10.6. The first-order valence-corrected chi connectivity index (χ1v) is 14.0. The van der Waals surface area contributed by atoms with Gasteiger partial charge in [0.2, 0.25) is 0 Å². The van der Waals surface area contributed by atoms with E-state index >= 15 is 0 Å². The lowest BCUT2D eigenvalue weighted by Gasteiger charge is -2.40. The molecule has 1 aliphatic heterocycles. The van der Waals surface area contributed by atoms with Crippen LogP contribution in [0.15, 0.2) is 42.5 Å². The molecule has 0 unspecified atom stereocenters. The number of unbranched alkanes of at least 4 members (excludes halogenated alkanes) is 1. The van der Waals surface area contributed by atoms with Crippen LogP contribution in [0.5, 0.6) is 0 Å². The summed E-state index contributed by atoms with van der Waals surface area (Å²) in [5, 5.41) is 62.2. The lowest BCUT2D eigenvalue weighted by Crippen LogP contribution is -2.55. The normalized spacial score (nSPS) is 24.4. The number of benzene rings is 2. The standard InChI is InChI=1S/C28H41NO7S/c1-18-6-11-21(26-24(34)23(33)25(35)27(36-26)37-2)14-22(18)13-20-9-7-19(8-10-20)5-3-4-12-29-28(15-30,16-31)17-32/h6-11,14,23-27,29-35H,3-5,12-13,15-17H2,1-2H3/t23-,24-,25+,26+,27-/m1/s1. The number of hydrogen-bond acceptors (Lipinski definition) is 9. The first kappa shape index (κ1) is 30.0. The van der Waals surface area contributed by atoms with Gasteiger partial charge in [-0.15, -0.1) is 11.8 Å². The Kier molecular flexibility index (Phi) is 11.4.